The van der Waals surface area contributed by atoms with Gasteiger partial charge in [-0.3, -0.25) is 9.59 Å². The molecule has 2 aromatic rings. The van der Waals surface area contributed by atoms with Crippen molar-refractivity contribution in [2.75, 3.05) is 5.75 Å². The Balaban J connectivity index is 2.27. The van der Waals surface area contributed by atoms with Crippen molar-refractivity contribution in [1.29, 1.82) is 0 Å². The fraction of sp³-hybridized carbons (Fsp3) is 0.417. The van der Waals surface area contributed by atoms with Gasteiger partial charge in [0.05, 0.1) is 5.75 Å². The van der Waals surface area contributed by atoms with E-state index in [0.717, 1.165) is 10.5 Å². The molecule has 31 heavy (non-hydrogen) atoms. The lowest BCUT2D eigenvalue weighted by Gasteiger charge is -2.33. The molecule has 0 bridgehead atoms. The molecule has 2 amide bonds. The van der Waals surface area contributed by atoms with Crippen LogP contribution in [0.4, 0.5) is 0 Å². The van der Waals surface area contributed by atoms with Crippen molar-refractivity contribution in [2.24, 2.45) is 0 Å². The van der Waals surface area contributed by atoms with Crippen LogP contribution in [0.1, 0.15) is 45.2 Å². The molecule has 0 fully saturated rings. The van der Waals surface area contributed by atoms with E-state index in [9.17, 15) is 9.59 Å². The SMILES string of the molecule is CCC(C(=O)NC(C)(C)C)N(Cc1ccc(Cl)cc1Cl)C(=O)CSc1ccc(C)cc1. The van der Waals surface area contributed by atoms with Crippen LogP contribution in [0, 0.1) is 6.92 Å². The summed E-state index contributed by atoms with van der Waals surface area (Å²) >= 11 is 13.9. The zero-order chi connectivity index (χ0) is 23.2. The van der Waals surface area contributed by atoms with Gasteiger partial charge < -0.3 is 10.2 Å². The summed E-state index contributed by atoms with van der Waals surface area (Å²) in [5.41, 5.74) is 1.52. The highest BCUT2D eigenvalue weighted by Crippen LogP contribution is 2.25. The van der Waals surface area contributed by atoms with Gasteiger partial charge in [-0.2, -0.15) is 0 Å². The molecule has 7 heteroatoms. The molecule has 4 nitrogen and oxygen atoms in total. The summed E-state index contributed by atoms with van der Waals surface area (Å²) in [5, 5.41) is 4.00. The van der Waals surface area contributed by atoms with Gasteiger partial charge in [-0.25, -0.2) is 0 Å². The van der Waals surface area contributed by atoms with E-state index in [4.69, 9.17) is 23.2 Å². The largest absolute Gasteiger partial charge is 0.350 e. The Kier molecular flexibility index (Phi) is 9.28. The van der Waals surface area contributed by atoms with E-state index in [1.54, 1.807) is 23.1 Å². The number of rotatable bonds is 8. The Bertz CT molecular complexity index is 911. The molecule has 0 heterocycles. The number of hydrogen-bond acceptors (Lipinski definition) is 3. The average molecular weight is 481 g/mol. The second kappa shape index (κ2) is 11.3. The number of hydrogen-bond donors (Lipinski definition) is 1. The summed E-state index contributed by atoms with van der Waals surface area (Å²) in [6.45, 7) is 9.94. The normalized spacial score (nSPS) is 12.4. The number of thioether (sulfide) groups is 1. The summed E-state index contributed by atoms with van der Waals surface area (Å²) < 4.78 is 0. The maximum absolute atomic E-state index is 13.3. The van der Waals surface area contributed by atoms with Crippen LogP contribution in [0.25, 0.3) is 0 Å². The number of benzene rings is 2. The predicted molar refractivity (Wildman–Crippen MR) is 131 cm³/mol. The van der Waals surface area contributed by atoms with Crippen LogP contribution in [0.3, 0.4) is 0 Å². The van der Waals surface area contributed by atoms with Gasteiger partial charge in [0.1, 0.15) is 6.04 Å². The van der Waals surface area contributed by atoms with Crippen molar-refractivity contribution in [3.63, 3.8) is 0 Å². The van der Waals surface area contributed by atoms with Gasteiger partial charge in [0.15, 0.2) is 0 Å². The smallest absolute Gasteiger partial charge is 0.243 e. The summed E-state index contributed by atoms with van der Waals surface area (Å²) in [5.74, 6) is -0.0608. The first kappa shape index (κ1) is 25.6. The number of nitrogens with one attached hydrogen (secondary N) is 1. The molecular formula is C24H30Cl2N2O2S. The third-order valence-electron chi connectivity index (χ3n) is 4.62. The van der Waals surface area contributed by atoms with Crippen LogP contribution in [0.2, 0.25) is 10.0 Å². The number of halogens is 2. The molecule has 0 aromatic heterocycles. The van der Waals surface area contributed by atoms with Crippen molar-refractivity contribution in [3.8, 4) is 0 Å². The molecule has 1 N–H and O–H groups in total. The van der Waals surface area contributed by atoms with Crippen molar-refractivity contribution in [3.05, 3.63) is 63.6 Å². The van der Waals surface area contributed by atoms with Gasteiger partial charge in [-0.1, -0.05) is 53.9 Å². The Hall–Kier alpha value is -1.69. The number of amides is 2. The second-order valence-corrected chi connectivity index (χ2v) is 10.4. The summed E-state index contributed by atoms with van der Waals surface area (Å²) in [6.07, 6.45) is 0.494. The predicted octanol–water partition coefficient (Wildman–Crippen LogP) is 6.12. The van der Waals surface area contributed by atoms with Gasteiger partial charge in [0.25, 0.3) is 0 Å². The van der Waals surface area contributed by atoms with Crippen LogP contribution in [0.15, 0.2) is 47.4 Å². The van der Waals surface area contributed by atoms with Gasteiger partial charge in [0.2, 0.25) is 11.8 Å². The van der Waals surface area contributed by atoms with Crippen molar-refractivity contribution >= 4 is 46.8 Å². The van der Waals surface area contributed by atoms with Crippen molar-refractivity contribution < 1.29 is 9.59 Å². The van der Waals surface area contributed by atoms with Gasteiger partial charge in [-0.15, -0.1) is 11.8 Å². The average Bonchev–Trinajstić information content (AvgIpc) is 2.67. The Morgan fingerprint density at radius 2 is 1.74 bits per heavy atom. The number of carbonyl (C=O) groups is 2. The molecule has 0 saturated carbocycles. The first-order chi connectivity index (χ1) is 14.5. The third kappa shape index (κ3) is 8.06. The summed E-state index contributed by atoms with van der Waals surface area (Å²) in [6, 6.07) is 12.6. The first-order valence-corrected chi connectivity index (χ1v) is 12.0. The molecule has 0 spiro atoms. The minimum absolute atomic E-state index is 0.118. The van der Waals surface area contributed by atoms with E-state index < -0.39 is 11.6 Å². The zero-order valence-corrected chi connectivity index (χ0v) is 21.0. The molecule has 0 saturated heterocycles. The summed E-state index contributed by atoms with van der Waals surface area (Å²) in [7, 11) is 0. The Labute approximate surface area is 199 Å². The Morgan fingerprint density at radius 3 is 2.29 bits per heavy atom. The van der Waals surface area contributed by atoms with Crippen LogP contribution >= 0.6 is 35.0 Å². The first-order valence-electron chi connectivity index (χ1n) is 10.2. The molecule has 1 unspecified atom stereocenters. The van der Waals surface area contributed by atoms with E-state index in [-0.39, 0.29) is 24.1 Å². The van der Waals surface area contributed by atoms with E-state index >= 15 is 0 Å². The molecule has 0 aliphatic carbocycles. The van der Waals surface area contributed by atoms with Crippen molar-refractivity contribution in [2.45, 2.75) is 64.1 Å². The lowest BCUT2D eigenvalue weighted by Crippen LogP contribution is -2.53. The second-order valence-electron chi connectivity index (χ2n) is 8.52. The van der Waals surface area contributed by atoms with Gasteiger partial charge in [-0.05, 0) is 63.9 Å². The number of nitrogens with zero attached hydrogens (tertiary/aromatic N) is 1. The molecule has 1 atom stereocenters. The molecule has 0 radical (unpaired) electrons. The maximum atomic E-state index is 13.3. The standard InChI is InChI=1S/C24H30Cl2N2O2S/c1-6-21(23(30)27-24(3,4)5)28(14-17-9-10-18(25)13-20(17)26)22(29)15-31-19-11-7-16(2)8-12-19/h7-13,21H,6,14-15H2,1-5H3,(H,27,30). The quantitative estimate of drug-likeness (QED) is 0.463. The van der Waals surface area contributed by atoms with E-state index in [1.807, 2.05) is 58.9 Å². The van der Waals surface area contributed by atoms with Crippen LogP contribution in [-0.4, -0.2) is 34.0 Å². The number of carbonyl (C=O) groups excluding carboxylic acids is 2. The number of aryl methyl sites for hydroxylation is 1. The topological polar surface area (TPSA) is 49.4 Å². The van der Waals surface area contributed by atoms with Crippen LogP contribution in [0.5, 0.6) is 0 Å². The van der Waals surface area contributed by atoms with E-state index in [2.05, 4.69) is 5.32 Å². The molecule has 0 aliphatic rings. The zero-order valence-electron chi connectivity index (χ0n) is 18.7. The lowest BCUT2D eigenvalue weighted by molar-refractivity contribution is -0.140. The van der Waals surface area contributed by atoms with Gasteiger partial charge >= 0.3 is 0 Å². The summed E-state index contributed by atoms with van der Waals surface area (Å²) in [4.78, 5) is 28.9. The molecule has 2 aromatic carbocycles. The lowest BCUT2D eigenvalue weighted by atomic mass is 10.1. The molecule has 0 aliphatic heterocycles. The monoisotopic (exact) mass is 480 g/mol. The minimum atomic E-state index is -0.600. The van der Waals surface area contributed by atoms with Crippen LogP contribution < -0.4 is 5.32 Å². The molecule has 2 rings (SSSR count). The molecular weight excluding hydrogens is 451 g/mol. The maximum Gasteiger partial charge on any atom is 0.243 e. The third-order valence-corrected chi connectivity index (χ3v) is 6.21. The van der Waals surface area contributed by atoms with Crippen LogP contribution in [-0.2, 0) is 16.1 Å². The van der Waals surface area contributed by atoms with E-state index in [1.165, 1.54) is 17.3 Å². The minimum Gasteiger partial charge on any atom is -0.350 e. The fourth-order valence-electron chi connectivity index (χ4n) is 3.07. The van der Waals surface area contributed by atoms with E-state index in [0.29, 0.717) is 16.5 Å². The highest BCUT2D eigenvalue weighted by molar-refractivity contribution is 8.00. The highest BCUT2D eigenvalue weighted by Gasteiger charge is 2.31. The molecule has 168 valence electrons. The van der Waals surface area contributed by atoms with Crippen molar-refractivity contribution in [1.82, 2.24) is 10.2 Å². The Morgan fingerprint density at radius 1 is 1.10 bits per heavy atom. The highest BCUT2D eigenvalue weighted by atomic mass is 35.5. The fourth-order valence-corrected chi connectivity index (χ4v) is 4.32. The van der Waals surface area contributed by atoms with Gasteiger partial charge in [0, 0.05) is 27.0 Å².